The lowest BCUT2D eigenvalue weighted by atomic mass is 9.64. The fraction of sp³-hybridized carbons (Fsp3) is 0.333. The van der Waals surface area contributed by atoms with E-state index in [1.54, 1.807) is 24.3 Å². The number of benzene rings is 3. The lowest BCUT2D eigenvalue weighted by Crippen LogP contribution is -2.61. The number of anilines is 1. The summed E-state index contributed by atoms with van der Waals surface area (Å²) in [5, 5.41) is 5.43. The average Bonchev–Trinajstić information content (AvgIpc) is 3.49. The summed E-state index contributed by atoms with van der Waals surface area (Å²) in [6, 6.07) is 17.2. The lowest BCUT2D eigenvalue weighted by molar-refractivity contribution is -0.126. The third-order valence-corrected chi connectivity index (χ3v) is 11.0. The lowest BCUT2D eigenvalue weighted by Gasteiger charge is -2.42. The third-order valence-electron chi connectivity index (χ3n) is 9.51. The Morgan fingerprint density at radius 3 is 2.31 bits per heavy atom. The van der Waals surface area contributed by atoms with E-state index in [2.05, 4.69) is 15.4 Å². The maximum Gasteiger partial charge on any atom is 0.404 e. The smallest absolute Gasteiger partial charge is 0.404 e. The van der Waals surface area contributed by atoms with Gasteiger partial charge in [0.05, 0.1) is 11.3 Å². The van der Waals surface area contributed by atoms with Crippen LogP contribution >= 0.6 is 11.8 Å². The number of hydrogen-bond donors (Lipinski definition) is 6. The first-order valence-electron chi connectivity index (χ1n) is 16.2. The van der Waals surface area contributed by atoms with Gasteiger partial charge in [-0.15, -0.1) is 11.8 Å². The number of aryl methyl sites for hydroxylation is 1. The van der Waals surface area contributed by atoms with E-state index >= 15 is 0 Å². The van der Waals surface area contributed by atoms with Crippen LogP contribution in [-0.4, -0.2) is 53.7 Å². The standard InChI is InChI=1S/C36H40N6O6S/c1-19-18-23(48-22-6-3-2-4-7-22)13-14-24(19)36(40)25-15-16-26(37)31-28(25)29(30(38)33(36)44)32(49-31)34(45)42-21-11-9-20(10-12-21)41-27(43)8-5-17-47-35(39)46/h2-8,13-16,18,20-21,29-30,32H,9-12,17,37-38,40H2,1H3,(H2,39,46)(H,41,43)(H,42,45)/b8-5+. The van der Waals surface area contributed by atoms with Crippen LogP contribution in [0.4, 0.5) is 10.5 Å². The van der Waals surface area contributed by atoms with Crippen molar-refractivity contribution in [2.24, 2.45) is 17.2 Å². The second-order valence-electron chi connectivity index (χ2n) is 12.7. The molecule has 3 aromatic rings. The first-order valence-corrected chi connectivity index (χ1v) is 17.1. The van der Waals surface area contributed by atoms with Crippen LogP contribution < -0.4 is 38.3 Å². The first-order chi connectivity index (χ1) is 23.5. The van der Waals surface area contributed by atoms with Gasteiger partial charge in [0.1, 0.15) is 23.6 Å². The molecule has 12 nitrogen and oxygen atoms in total. The molecule has 0 aromatic heterocycles. The van der Waals surface area contributed by atoms with Gasteiger partial charge in [0.25, 0.3) is 0 Å². The highest BCUT2D eigenvalue weighted by Crippen LogP contribution is 2.56. The number of nitrogens with one attached hydrogen (secondary N) is 2. The summed E-state index contributed by atoms with van der Waals surface area (Å²) in [6.07, 6.45) is 4.46. The van der Waals surface area contributed by atoms with E-state index in [0.29, 0.717) is 54.0 Å². The largest absolute Gasteiger partial charge is 0.457 e. The number of ketones is 1. The monoisotopic (exact) mass is 684 g/mol. The normalized spacial score (nSPS) is 25.8. The van der Waals surface area contributed by atoms with Crippen molar-refractivity contribution in [1.82, 2.24) is 10.6 Å². The van der Waals surface area contributed by atoms with Gasteiger partial charge >= 0.3 is 6.09 Å². The molecule has 256 valence electrons. The summed E-state index contributed by atoms with van der Waals surface area (Å²) in [5.74, 6) is -0.194. The van der Waals surface area contributed by atoms with Gasteiger partial charge in [0, 0.05) is 34.7 Å². The summed E-state index contributed by atoms with van der Waals surface area (Å²) in [4.78, 5) is 51.8. The molecule has 1 heterocycles. The van der Waals surface area contributed by atoms with Gasteiger partial charge < -0.3 is 43.0 Å². The molecule has 1 fully saturated rings. The first kappa shape index (κ1) is 34.0. The second kappa shape index (κ2) is 13.9. The summed E-state index contributed by atoms with van der Waals surface area (Å²) >= 11 is 1.33. The molecule has 4 unspecified atom stereocenters. The zero-order valence-corrected chi connectivity index (χ0v) is 27.8. The van der Waals surface area contributed by atoms with E-state index in [9.17, 15) is 19.2 Å². The molecule has 3 amide bonds. The molecule has 49 heavy (non-hydrogen) atoms. The Morgan fingerprint density at radius 2 is 1.63 bits per heavy atom. The molecule has 1 saturated carbocycles. The molecular formula is C36H40N6O6S. The minimum absolute atomic E-state index is 0.0562. The number of nitrogens with two attached hydrogens (primary N) is 4. The van der Waals surface area contributed by atoms with Crippen LogP contribution in [0, 0.1) is 6.92 Å². The van der Waals surface area contributed by atoms with E-state index in [1.807, 2.05) is 43.3 Å². The summed E-state index contributed by atoms with van der Waals surface area (Å²) in [7, 11) is 0. The molecule has 3 aliphatic rings. The Kier molecular flexibility index (Phi) is 9.68. The number of rotatable bonds is 9. The Labute approximate surface area is 288 Å². The number of carbonyl (C=O) groups is 4. The number of primary amides is 1. The fourth-order valence-corrected chi connectivity index (χ4v) is 8.62. The minimum atomic E-state index is -1.55. The van der Waals surface area contributed by atoms with E-state index in [-0.39, 0.29) is 36.3 Å². The van der Waals surface area contributed by atoms with Crippen molar-refractivity contribution in [3.05, 3.63) is 95.1 Å². The van der Waals surface area contributed by atoms with Crippen LogP contribution in [0.1, 0.15) is 53.9 Å². The maximum absolute atomic E-state index is 14.3. The van der Waals surface area contributed by atoms with Crippen LogP contribution in [0.5, 0.6) is 11.5 Å². The molecule has 3 aromatic carbocycles. The molecule has 2 aliphatic carbocycles. The van der Waals surface area contributed by atoms with Crippen LogP contribution in [0.15, 0.2) is 77.7 Å². The van der Waals surface area contributed by atoms with Gasteiger partial charge in [-0.25, -0.2) is 4.79 Å². The summed E-state index contributed by atoms with van der Waals surface area (Å²) in [6.45, 7) is 1.80. The quantitative estimate of drug-likeness (QED) is 0.143. The highest BCUT2D eigenvalue weighted by atomic mass is 32.2. The van der Waals surface area contributed by atoms with Crippen molar-refractivity contribution >= 4 is 41.1 Å². The SMILES string of the molecule is Cc1cc(Oc2ccccc2)ccc1C1(N)C(=O)C(N)C2c3c1ccc(N)c3SC2C(=O)NC1CCC(NC(=O)/C=C/COC(N)=O)CC1. The van der Waals surface area contributed by atoms with Gasteiger partial charge in [-0.1, -0.05) is 30.3 Å². The molecule has 1 aliphatic heterocycles. The molecule has 4 atom stereocenters. The second-order valence-corrected chi connectivity index (χ2v) is 13.8. The predicted octanol–water partition coefficient (Wildman–Crippen LogP) is 3.23. The van der Waals surface area contributed by atoms with Gasteiger partial charge in [0.15, 0.2) is 5.78 Å². The topological polar surface area (TPSA) is 215 Å². The number of amides is 3. The highest BCUT2D eigenvalue weighted by Gasteiger charge is 2.57. The number of para-hydroxylation sites is 1. The summed E-state index contributed by atoms with van der Waals surface area (Å²) in [5.41, 5.74) is 26.9. The number of ether oxygens (including phenoxy) is 2. The number of carbonyl (C=O) groups excluding carboxylic acids is 4. The highest BCUT2D eigenvalue weighted by molar-refractivity contribution is 8.01. The van der Waals surface area contributed by atoms with E-state index in [4.69, 9.17) is 27.7 Å². The van der Waals surface area contributed by atoms with E-state index < -0.39 is 28.8 Å². The van der Waals surface area contributed by atoms with Crippen molar-refractivity contribution in [2.45, 2.75) is 72.3 Å². The number of hydrogen-bond acceptors (Lipinski definition) is 10. The number of nitrogen functional groups attached to an aromatic ring is 1. The van der Waals surface area contributed by atoms with Gasteiger partial charge in [-0.2, -0.15) is 0 Å². The Bertz CT molecular complexity index is 1810. The molecule has 0 spiro atoms. The molecule has 0 saturated heterocycles. The summed E-state index contributed by atoms with van der Waals surface area (Å²) < 4.78 is 10.6. The molecule has 0 radical (unpaired) electrons. The van der Waals surface area contributed by atoms with Crippen molar-refractivity contribution in [1.29, 1.82) is 0 Å². The van der Waals surface area contributed by atoms with E-state index in [0.717, 1.165) is 16.0 Å². The zero-order chi connectivity index (χ0) is 34.9. The third kappa shape index (κ3) is 6.74. The van der Waals surface area contributed by atoms with Crippen LogP contribution in [-0.2, 0) is 24.7 Å². The molecule has 0 bridgehead atoms. The Morgan fingerprint density at radius 1 is 0.959 bits per heavy atom. The van der Waals surface area contributed by atoms with Crippen LogP contribution in [0.3, 0.4) is 0 Å². The zero-order valence-electron chi connectivity index (χ0n) is 27.0. The molecule has 13 heteroatoms. The maximum atomic E-state index is 14.3. The van der Waals surface area contributed by atoms with Crippen LogP contribution in [0.25, 0.3) is 0 Å². The van der Waals surface area contributed by atoms with Gasteiger partial charge in [-0.3, -0.25) is 14.4 Å². The average molecular weight is 685 g/mol. The molecular weight excluding hydrogens is 644 g/mol. The van der Waals surface area contributed by atoms with Crippen molar-refractivity contribution in [2.75, 3.05) is 12.3 Å². The van der Waals surface area contributed by atoms with Gasteiger partial charge in [-0.05, 0) is 91.3 Å². The van der Waals surface area contributed by atoms with Crippen molar-refractivity contribution < 1.29 is 28.7 Å². The van der Waals surface area contributed by atoms with Crippen molar-refractivity contribution in [3.63, 3.8) is 0 Å². The Balaban J connectivity index is 1.16. The van der Waals surface area contributed by atoms with Crippen molar-refractivity contribution in [3.8, 4) is 11.5 Å². The molecule has 10 N–H and O–H groups in total. The molecule has 6 rings (SSSR count). The van der Waals surface area contributed by atoms with E-state index in [1.165, 1.54) is 23.9 Å². The fourth-order valence-electron chi connectivity index (χ4n) is 7.16. The number of thioether (sulfide) groups is 1. The van der Waals surface area contributed by atoms with Gasteiger partial charge in [0.2, 0.25) is 11.8 Å². The Hall–Kier alpha value is -4.85. The minimum Gasteiger partial charge on any atom is -0.457 e. The van der Waals surface area contributed by atoms with Crippen LogP contribution in [0.2, 0.25) is 0 Å². The number of Topliss-reactive ketones (excluding diaryl/α,β-unsaturated/α-hetero) is 1. The predicted molar refractivity (Wildman–Crippen MR) is 186 cm³/mol.